The van der Waals surface area contributed by atoms with Gasteiger partial charge < -0.3 is 14.4 Å². The summed E-state index contributed by atoms with van der Waals surface area (Å²) in [7, 11) is 0. The number of ether oxygens (including phenoxy) is 2. The van der Waals surface area contributed by atoms with Gasteiger partial charge >= 0.3 is 12.1 Å². The molecule has 1 amide bonds. The average molecular weight is 359 g/mol. The minimum Gasteiger partial charge on any atom is -0.484 e. The summed E-state index contributed by atoms with van der Waals surface area (Å²) in [6.07, 6.45) is -3.34. The van der Waals surface area contributed by atoms with Crippen LogP contribution >= 0.6 is 0 Å². The van der Waals surface area contributed by atoms with Crippen molar-refractivity contribution in [2.45, 2.75) is 25.9 Å². The number of piperidine rings is 1. The molecule has 0 spiro atoms. The lowest BCUT2D eigenvalue weighted by atomic mass is 9.97. The quantitative estimate of drug-likeness (QED) is 0.759. The number of carbonyl (C=O) groups excluding carboxylic acids is 2. The molecule has 8 heteroatoms. The predicted octanol–water partition coefficient (Wildman–Crippen LogP) is 2.89. The number of amides is 1. The van der Waals surface area contributed by atoms with Gasteiger partial charge in [0.25, 0.3) is 5.91 Å². The summed E-state index contributed by atoms with van der Waals surface area (Å²) in [5.41, 5.74) is -0.771. The van der Waals surface area contributed by atoms with E-state index in [1.54, 1.807) is 11.8 Å². The Bertz CT molecular complexity index is 593. The van der Waals surface area contributed by atoms with Crippen molar-refractivity contribution < 1.29 is 32.2 Å². The number of nitrogens with zero attached hydrogens (tertiary/aromatic N) is 1. The minimum atomic E-state index is -4.41. The predicted molar refractivity (Wildman–Crippen MR) is 82.9 cm³/mol. The molecule has 1 aromatic rings. The highest BCUT2D eigenvalue weighted by Crippen LogP contribution is 2.30. The van der Waals surface area contributed by atoms with Crippen molar-refractivity contribution in [3.8, 4) is 5.75 Å². The molecule has 1 aliphatic rings. The van der Waals surface area contributed by atoms with Gasteiger partial charge in [-0.3, -0.25) is 9.59 Å². The lowest BCUT2D eigenvalue weighted by molar-refractivity contribution is -0.151. The fourth-order valence-electron chi connectivity index (χ4n) is 2.60. The number of esters is 1. The number of rotatable bonds is 5. The van der Waals surface area contributed by atoms with Crippen LogP contribution in [0, 0.1) is 5.92 Å². The van der Waals surface area contributed by atoms with Gasteiger partial charge in [-0.15, -0.1) is 0 Å². The van der Waals surface area contributed by atoms with Crippen LogP contribution in [-0.2, 0) is 20.5 Å². The standard InChI is InChI=1S/C17H20F3NO4/c1-2-24-16(23)12-7-9-21(10-8-12)15(22)11-25-14-5-3-13(4-6-14)17(18,19)20/h3-6,12H,2,7-11H2,1H3. The van der Waals surface area contributed by atoms with Crippen molar-refractivity contribution in [1.29, 1.82) is 0 Å². The van der Waals surface area contributed by atoms with Gasteiger partial charge in [0.2, 0.25) is 0 Å². The molecule has 5 nitrogen and oxygen atoms in total. The summed E-state index contributed by atoms with van der Waals surface area (Å²) in [5, 5.41) is 0. The first kappa shape index (κ1) is 19.1. The van der Waals surface area contributed by atoms with Crippen molar-refractivity contribution in [2.24, 2.45) is 5.92 Å². The summed E-state index contributed by atoms with van der Waals surface area (Å²) in [6, 6.07) is 4.18. The number of hydrogen-bond donors (Lipinski definition) is 0. The molecule has 1 saturated heterocycles. The van der Waals surface area contributed by atoms with Crippen LogP contribution in [0.3, 0.4) is 0 Å². The van der Waals surface area contributed by atoms with E-state index < -0.39 is 11.7 Å². The molecule has 25 heavy (non-hydrogen) atoms. The Balaban J connectivity index is 1.78. The van der Waals surface area contributed by atoms with Crippen molar-refractivity contribution in [2.75, 3.05) is 26.3 Å². The second-order valence-electron chi connectivity index (χ2n) is 5.72. The van der Waals surface area contributed by atoms with E-state index in [0.717, 1.165) is 12.1 Å². The molecule has 0 aromatic heterocycles. The van der Waals surface area contributed by atoms with Gasteiger partial charge in [0, 0.05) is 13.1 Å². The number of likely N-dealkylation sites (tertiary alicyclic amines) is 1. The molecule has 0 atom stereocenters. The molecule has 0 bridgehead atoms. The highest BCUT2D eigenvalue weighted by molar-refractivity contribution is 5.78. The highest BCUT2D eigenvalue weighted by atomic mass is 19.4. The van der Waals surface area contributed by atoms with Gasteiger partial charge in [0.15, 0.2) is 6.61 Å². The number of hydrogen-bond acceptors (Lipinski definition) is 4. The molecular weight excluding hydrogens is 339 g/mol. The SMILES string of the molecule is CCOC(=O)C1CCN(C(=O)COc2ccc(C(F)(F)F)cc2)CC1. The number of alkyl halides is 3. The van der Waals surface area contributed by atoms with Crippen LogP contribution in [0.1, 0.15) is 25.3 Å². The normalized spacial score (nSPS) is 15.8. The van der Waals surface area contributed by atoms with Gasteiger partial charge in [-0.25, -0.2) is 0 Å². The van der Waals surface area contributed by atoms with Crippen LogP contribution in [0.4, 0.5) is 13.2 Å². The fourth-order valence-corrected chi connectivity index (χ4v) is 2.60. The molecule has 0 saturated carbocycles. The monoisotopic (exact) mass is 359 g/mol. The van der Waals surface area contributed by atoms with E-state index >= 15 is 0 Å². The van der Waals surface area contributed by atoms with E-state index in [2.05, 4.69) is 0 Å². The molecule has 1 heterocycles. The van der Waals surface area contributed by atoms with E-state index in [9.17, 15) is 22.8 Å². The Hall–Kier alpha value is -2.25. The molecule has 2 rings (SSSR count). The lowest BCUT2D eigenvalue weighted by Crippen LogP contribution is -2.42. The van der Waals surface area contributed by atoms with Gasteiger partial charge in [0.05, 0.1) is 18.1 Å². The van der Waals surface area contributed by atoms with Gasteiger partial charge in [-0.1, -0.05) is 0 Å². The third kappa shape index (κ3) is 5.37. The molecule has 1 aromatic carbocycles. The van der Waals surface area contributed by atoms with Crippen molar-refractivity contribution in [3.05, 3.63) is 29.8 Å². The maximum atomic E-state index is 12.5. The molecule has 138 valence electrons. The zero-order chi connectivity index (χ0) is 18.4. The molecule has 1 fully saturated rings. The molecular formula is C17H20F3NO4. The Morgan fingerprint density at radius 1 is 1.16 bits per heavy atom. The lowest BCUT2D eigenvalue weighted by Gasteiger charge is -2.30. The maximum absolute atomic E-state index is 12.5. The molecule has 0 unspecified atom stereocenters. The van der Waals surface area contributed by atoms with Crippen molar-refractivity contribution in [3.63, 3.8) is 0 Å². The molecule has 0 radical (unpaired) electrons. The summed E-state index contributed by atoms with van der Waals surface area (Å²) in [6.45, 7) is 2.68. The first-order chi connectivity index (χ1) is 11.8. The van der Waals surface area contributed by atoms with Crippen LogP contribution in [0.2, 0.25) is 0 Å². The Labute approximate surface area is 143 Å². The smallest absolute Gasteiger partial charge is 0.416 e. The highest BCUT2D eigenvalue weighted by Gasteiger charge is 2.30. The second kappa shape index (κ2) is 8.22. The summed E-state index contributed by atoms with van der Waals surface area (Å²) in [4.78, 5) is 25.3. The maximum Gasteiger partial charge on any atom is 0.416 e. The fraction of sp³-hybridized carbons (Fsp3) is 0.529. The van der Waals surface area contributed by atoms with E-state index in [4.69, 9.17) is 9.47 Å². The third-order valence-electron chi connectivity index (χ3n) is 4.01. The van der Waals surface area contributed by atoms with Crippen LogP contribution in [-0.4, -0.2) is 43.1 Å². The first-order valence-corrected chi connectivity index (χ1v) is 8.05. The van der Waals surface area contributed by atoms with E-state index in [-0.39, 0.29) is 30.2 Å². The summed E-state index contributed by atoms with van der Waals surface area (Å²) >= 11 is 0. The Kier molecular flexibility index (Phi) is 6.27. The van der Waals surface area contributed by atoms with E-state index in [1.807, 2.05) is 0 Å². The average Bonchev–Trinajstić information content (AvgIpc) is 2.59. The largest absolute Gasteiger partial charge is 0.484 e. The van der Waals surface area contributed by atoms with Crippen LogP contribution in [0.15, 0.2) is 24.3 Å². The van der Waals surface area contributed by atoms with E-state index in [0.29, 0.717) is 32.5 Å². The number of halogens is 3. The number of benzene rings is 1. The minimum absolute atomic E-state index is 0.195. The zero-order valence-electron chi connectivity index (χ0n) is 13.8. The Morgan fingerprint density at radius 2 is 1.76 bits per heavy atom. The first-order valence-electron chi connectivity index (χ1n) is 8.05. The summed E-state index contributed by atoms with van der Waals surface area (Å²) < 4.78 is 47.7. The molecule has 1 aliphatic heterocycles. The van der Waals surface area contributed by atoms with Gasteiger partial charge in [0.1, 0.15) is 5.75 Å². The summed E-state index contributed by atoms with van der Waals surface area (Å²) in [5.74, 6) is -0.500. The Morgan fingerprint density at radius 3 is 2.28 bits per heavy atom. The van der Waals surface area contributed by atoms with Gasteiger partial charge in [-0.05, 0) is 44.0 Å². The molecule has 0 aliphatic carbocycles. The zero-order valence-corrected chi connectivity index (χ0v) is 13.8. The van der Waals surface area contributed by atoms with Crippen molar-refractivity contribution in [1.82, 2.24) is 4.90 Å². The van der Waals surface area contributed by atoms with Crippen molar-refractivity contribution >= 4 is 11.9 Å². The topological polar surface area (TPSA) is 55.8 Å². The molecule has 0 N–H and O–H groups in total. The van der Waals surface area contributed by atoms with E-state index in [1.165, 1.54) is 12.1 Å². The third-order valence-corrected chi connectivity index (χ3v) is 4.01. The van der Waals surface area contributed by atoms with Crippen LogP contribution < -0.4 is 4.74 Å². The van der Waals surface area contributed by atoms with Gasteiger partial charge in [-0.2, -0.15) is 13.2 Å². The van der Waals surface area contributed by atoms with Crippen LogP contribution in [0.25, 0.3) is 0 Å². The van der Waals surface area contributed by atoms with Crippen LogP contribution in [0.5, 0.6) is 5.75 Å². The second-order valence-corrected chi connectivity index (χ2v) is 5.72. The number of carbonyl (C=O) groups is 2.